The lowest BCUT2D eigenvalue weighted by Gasteiger charge is -2.48. The molecule has 0 heterocycles. The molecule has 0 bridgehead atoms. The molecule has 1 aromatic carbocycles. The van der Waals surface area contributed by atoms with Gasteiger partial charge in [0.1, 0.15) is 5.75 Å². The Morgan fingerprint density at radius 3 is 2.67 bits per heavy atom. The molecular formula is C18H29NO2. The molecule has 0 saturated heterocycles. The zero-order valence-electron chi connectivity index (χ0n) is 13.9. The van der Waals surface area contributed by atoms with E-state index in [0.29, 0.717) is 0 Å². The lowest BCUT2D eigenvalue weighted by Crippen LogP contribution is -2.49. The molecule has 0 amide bonds. The molecule has 0 radical (unpaired) electrons. The maximum Gasteiger partial charge on any atom is 0.122 e. The topological polar surface area (TPSA) is 30.5 Å². The van der Waals surface area contributed by atoms with E-state index < -0.39 is 0 Å². The van der Waals surface area contributed by atoms with Crippen LogP contribution in [0.1, 0.15) is 37.3 Å². The van der Waals surface area contributed by atoms with Crippen molar-refractivity contribution in [2.24, 2.45) is 5.92 Å². The Hall–Kier alpha value is -1.06. The fourth-order valence-corrected chi connectivity index (χ4v) is 3.47. The molecule has 1 aliphatic carbocycles. The van der Waals surface area contributed by atoms with Gasteiger partial charge in [0.05, 0.1) is 13.7 Å². The largest absolute Gasteiger partial charge is 0.496 e. The van der Waals surface area contributed by atoms with Crippen LogP contribution in [0.25, 0.3) is 0 Å². The van der Waals surface area contributed by atoms with Crippen molar-refractivity contribution in [1.82, 2.24) is 5.32 Å². The highest BCUT2D eigenvalue weighted by Crippen LogP contribution is 2.49. The van der Waals surface area contributed by atoms with E-state index in [9.17, 15) is 0 Å². The Kier molecular flexibility index (Phi) is 5.65. The maximum atomic E-state index is 5.51. The predicted molar refractivity (Wildman–Crippen MR) is 87.2 cm³/mol. The first-order valence-electron chi connectivity index (χ1n) is 8.00. The van der Waals surface area contributed by atoms with Crippen LogP contribution in [0.4, 0.5) is 0 Å². The summed E-state index contributed by atoms with van der Waals surface area (Å²) in [4.78, 5) is 0. The lowest BCUT2D eigenvalue weighted by atomic mass is 9.57. The first-order chi connectivity index (χ1) is 10.1. The number of nitrogens with one attached hydrogen (secondary N) is 1. The lowest BCUT2D eigenvalue weighted by molar-refractivity contribution is 0.128. The minimum atomic E-state index is 0.273. The molecule has 118 valence electrons. The third-order valence-electron chi connectivity index (χ3n) is 4.90. The van der Waals surface area contributed by atoms with Crippen LogP contribution in [-0.2, 0) is 10.2 Å². The van der Waals surface area contributed by atoms with Gasteiger partial charge in [0.25, 0.3) is 0 Å². The van der Waals surface area contributed by atoms with Crippen molar-refractivity contribution in [3.05, 3.63) is 29.3 Å². The van der Waals surface area contributed by atoms with Crippen LogP contribution in [0.15, 0.2) is 18.2 Å². The smallest absolute Gasteiger partial charge is 0.122 e. The van der Waals surface area contributed by atoms with Crippen LogP contribution in [0.3, 0.4) is 0 Å². The van der Waals surface area contributed by atoms with Gasteiger partial charge in [0.2, 0.25) is 0 Å². The van der Waals surface area contributed by atoms with E-state index in [4.69, 9.17) is 9.47 Å². The molecule has 0 unspecified atom stereocenters. The van der Waals surface area contributed by atoms with Gasteiger partial charge in [-0.25, -0.2) is 0 Å². The van der Waals surface area contributed by atoms with Gasteiger partial charge in [-0.15, -0.1) is 0 Å². The second-order valence-corrected chi connectivity index (χ2v) is 6.32. The number of aryl methyl sites for hydroxylation is 1. The fourth-order valence-electron chi connectivity index (χ4n) is 3.47. The average molecular weight is 291 g/mol. The van der Waals surface area contributed by atoms with Gasteiger partial charge in [0, 0.05) is 25.6 Å². The molecule has 0 aromatic heterocycles. The van der Waals surface area contributed by atoms with Gasteiger partial charge in [-0.2, -0.15) is 0 Å². The van der Waals surface area contributed by atoms with Gasteiger partial charge in [0.15, 0.2) is 0 Å². The highest BCUT2D eigenvalue weighted by atomic mass is 16.5. The molecule has 1 aromatic rings. The Morgan fingerprint density at radius 2 is 2.05 bits per heavy atom. The van der Waals surface area contributed by atoms with Crippen LogP contribution < -0.4 is 10.1 Å². The van der Waals surface area contributed by atoms with Crippen LogP contribution in [0.5, 0.6) is 5.75 Å². The SMILES string of the molecule is CCC1CC(CNCCOC)(c2ccc(C)c(OC)c2)C1. The quantitative estimate of drug-likeness (QED) is 0.746. The number of hydrogen-bond donors (Lipinski definition) is 1. The van der Waals surface area contributed by atoms with Crippen molar-refractivity contribution in [1.29, 1.82) is 0 Å². The van der Waals surface area contributed by atoms with Crippen molar-refractivity contribution in [2.45, 2.75) is 38.5 Å². The summed E-state index contributed by atoms with van der Waals surface area (Å²) < 4.78 is 10.6. The summed E-state index contributed by atoms with van der Waals surface area (Å²) in [5.41, 5.74) is 2.89. The average Bonchev–Trinajstić information content (AvgIpc) is 2.46. The number of hydrogen-bond acceptors (Lipinski definition) is 3. The molecular weight excluding hydrogens is 262 g/mol. The van der Waals surface area contributed by atoms with Crippen LogP contribution in [0.2, 0.25) is 0 Å². The Labute approximate surface area is 129 Å². The molecule has 3 heteroatoms. The molecule has 0 aliphatic heterocycles. The first-order valence-corrected chi connectivity index (χ1v) is 8.00. The summed E-state index contributed by atoms with van der Waals surface area (Å²) in [6.45, 7) is 7.10. The van der Waals surface area contributed by atoms with E-state index in [0.717, 1.165) is 31.4 Å². The van der Waals surface area contributed by atoms with E-state index in [1.54, 1.807) is 14.2 Å². The second-order valence-electron chi connectivity index (χ2n) is 6.32. The van der Waals surface area contributed by atoms with Crippen molar-refractivity contribution >= 4 is 0 Å². The van der Waals surface area contributed by atoms with Crippen molar-refractivity contribution in [2.75, 3.05) is 33.9 Å². The number of rotatable bonds is 8. The Bertz CT molecular complexity index is 453. The molecule has 0 spiro atoms. The molecule has 1 saturated carbocycles. The fraction of sp³-hybridized carbons (Fsp3) is 0.667. The minimum absolute atomic E-state index is 0.273. The van der Waals surface area contributed by atoms with Crippen LogP contribution >= 0.6 is 0 Å². The van der Waals surface area contributed by atoms with E-state index >= 15 is 0 Å². The van der Waals surface area contributed by atoms with E-state index in [2.05, 4.69) is 37.4 Å². The normalized spacial score (nSPS) is 24.7. The summed E-state index contributed by atoms with van der Waals surface area (Å²) in [5, 5.41) is 3.56. The van der Waals surface area contributed by atoms with Gasteiger partial charge in [-0.05, 0) is 42.9 Å². The third-order valence-corrected chi connectivity index (χ3v) is 4.90. The Morgan fingerprint density at radius 1 is 1.29 bits per heavy atom. The van der Waals surface area contributed by atoms with E-state index in [-0.39, 0.29) is 5.41 Å². The minimum Gasteiger partial charge on any atom is -0.496 e. The van der Waals surface area contributed by atoms with Gasteiger partial charge in [-0.1, -0.05) is 25.5 Å². The predicted octanol–water partition coefficient (Wildman–Crippen LogP) is 3.30. The highest BCUT2D eigenvalue weighted by Gasteiger charge is 2.44. The maximum absolute atomic E-state index is 5.51. The summed E-state index contributed by atoms with van der Waals surface area (Å²) in [7, 11) is 3.50. The van der Waals surface area contributed by atoms with Gasteiger partial charge < -0.3 is 14.8 Å². The van der Waals surface area contributed by atoms with Gasteiger partial charge in [-0.3, -0.25) is 0 Å². The summed E-state index contributed by atoms with van der Waals surface area (Å²) in [6, 6.07) is 6.70. The van der Waals surface area contributed by atoms with E-state index in [1.807, 2.05) is 0 Å². The first kappa shape index (κ1) is 16.3. The number of benzene rings is 1. The highest BCUT2D eigenvalue weighted by molar-refractivity contribution is 5.41. The summed E-state index contributed by atoms with van der Waals surface area (Å²) >= 11 is 0. The standard InChI is InChI=1S/C18H29NO2/c1-5-15-11-18(12-15,13-19-8-9-20-3)16-7-6-14(2)17(10-16)21-4/h6-7,10,15,19H,5,8-9,11-13H2,1-4H3. The molecule has 2 rings (SSSR count). The Balaban J connectivity index is 2.12. The molecule has 1 N–H and O–H groups in total. The van der Waals surface area contributed by atoms with Gasteiger partial charge >= 0.3 is 0 Å². The zero-order chi connectivity index (χ0) is 15.3. The molecule has 1 fully saturated rings. The van der Waals surface area contributed by atoms with Crippen molar-refractivity contribution in [3.63, 3.8) is 0 Å². The number of methoxy groups -OCH3 is 2. The molecule has 3 nitrogen and oxygen atoms in total. The monoisotopic (exact) mass is 291 g/mol. The molecule has 1 aliphatic rings. The second kappa shape index (κ2) is 7.28. The summed E-state index contributed by atoms with van der Waals surface area (Å²) in [5.74, 6) is 1.87. The van der Waals surface area contributed by atoms with Crippen LogP contribution in [0, 0.1) is 12.8 Å². The van der Waals surface area contributed by atoms with Crippen molar-refractivity contribution in [3.8, 4) is 5.75 Å². The van der Waals surface area contributed by atoms with Crippen molar-refractivity contribution < 1.29 is 9.47 Å². The number of ether oxygens (including phenoxy) is 2. The molecule has 0 atom stereocenters. The van der Waals surface area contributed by atoms with Crippen LogP contribution in [-0.4, -0.2) is 33.9 Å². The molecule has 21 heavy (non-hydrogen) atoms. The summed E-state index contributed by atoms with van der Waals surface area (Å²) in [6.07, 6.45) is 3.83. The third kappa shape index (κ3) is 3.58. The zero-order valence-corrected chi connectivity index (χ0v) is 13.9. The van der Waals surface area contributed by atoms with E-state index in [1.165, 1.54) is 30.4 Å².